The Morgan fingerprint density at radius 2 is 1.95 bits per heavy atom. The molecule has 0 aromatic heterocycles. The second-order valence-corrected chi connectivity index (χ2v) is 6.38. The van der Waals surface area contributed by atoms with Crippen molar-refractivity contribution in [2.45, 2.75) is 6.42 Å². The van der Waals surface area contributed by atoms with E-state index < -0.39 is 0 Å². The number of hydrogen-bond donors (Lipinski definition) is 2. The van der Waals surface area contributed by atoms with Crippen molar-refractivity contribution in [3.8, 4) is 0 Å². The maximum absolute atomic E-state index is 10.1. The van der Waals surface area contributed by atoms with E-state index in [1.807, 2.05) is 30.3 Å². The number of nitrogens with zero attached hydrogens (tertiary/aromatic N) is 1. The predicted octanol–water partition coefficient (Wildman–Crippen LogP) is 5.08. The maximum Gasteiger partial charge on any atom is 0.0826 e. The number of allylic oxidation sites excluding steroid dienone is 1. The Bertz CT molecular complexity index is 739. The molecule has 3 rings (SSSR count). The van der Waals surface area contributed by atoms with Gasteiger partial charge < -0.3 is 5.32 Å². The van der Waals surface area contributed by atoms with Gasteiger partial charge >= 0.3 is 0 Å². The summed E-state index contributed by atoms with van der Waals surface area (Å²) in [5.74, 6) is 0. The SMILES string of the molecule is ON1C=C(Nc2cccc(Cl)c2Cl)Cc2ccc(Br)cc21.[Sn]. The number of rotatable bonds is 2. The summed E-state index contributed by atoms with van der Waals surface area (Å²) in [5, 5.41) is 15.4. The van der Waals surface area contributed by atoms with Gasteiger partial charge in [0.15, 0.2) is 0 Å². The summed E-state index contributed by atoms with van der Waals surface area (Å²) in [6, 6.07) is 11.2. The normalized spacial score (nSPS) is 13.1. The topological polar surface area (TPSA) is 35.5 Å². The number of benzene rings is 2. The van der Waals surface area contributed by atoms with Crippen LogP contribution in [-0.2, 0) is 6.42 Å². The van der Waals surface area contributed by atoms with Crippen LogP contribution < -0.4 is 10.4 Å². The minimum Gasteiger partial charge on any atom is -0.356 e. The van der Waals surface area contributed by atoms with Crippen molar-refractivity contribution in [3.63, 3.8) is 0 Å². The van der Waals surface area contributed by atoms with Gasteiger partial charge in [-0.25, -0.2) is 5.06 Å². The fourth-order valence-electron chi connectivity index (χ4n) is 2.22. The van der Waals surface area contributed by atoms with Gasteiger partial charge in [0.25, 0.3) is 0 Å². The molecule has 1 aliphatic rings. The summed E-state index contributed by atoms with van der Waals surface area (Å²) >= 11 is 15.6. The van der Waals surface area contributed by atoms with E-state index in [0.717, 1.165) is 26.5 Å². The summed E-state index contributed by atoms with van der Waals surface area (Å²) in [5.41, 5.74) is 3.32. The van der Waals surface area contributed by atoms with Gasteiger partial charge in [0.05, 0.1) is 27.6 Å². The smallest absolute Gasteiger partial charge is 0.0826 e. The molecule has 0 fully saturated rings. The van der Waals surface area contributed by atoms with E-state index in [1.54, 1.807) is 12.3 Å². The van der Waals surface area contributed by atoms with Crippen LogP contribution in [0.1, 0.15) is 5.56 Å². The van der Waals surface area contributed by atoms with E-state index >= 15 is 0 Å². The van der Waals surface area contributed by atoms with Crippen LogP contribution in [0.5, 0.6) is 0 Å². The minimum atomic E-state index is 0. The maximum atomic E-state index is 10.1. The van der Waals surface area contributed by atoms with Crippen LogP contribution in [0.4, 0.5) is 11.4 Å². The number of halogens is 3. The molecule has 0 unspecified atom stereocenters. The Labute approximate surface area is 163 Å². The molecule has 2 N–H and O–H groups in total. The first-order chi connectivity index (χ1) is 10.0. The monoisotopic (exact) mass is 504 g/mol. The molecule has 0 amide bonds. The van der Waals surface area contributed by atoms with Crippen LogP contribution in [0.2, 0.25) is 10.0 Å². The van der Waals surface area contributed by atoms with Gasteiger partial charge in [0, 0.05) is 40.5 Å². The number of anilines is 2. The first-order valence-corrected chi connectivity index (χ1v) is 7.78. The fraction of sp³-hybridized carbons (Fsp3) is 0.0667. The number of hydroxylamine groups is 1. The summed E-state index contributed by atoms with van der Waals surface area (Å²) in [6.07, 6.45) is 2.30. The molecule has 0 saturated carbocycles. The fourth-order valence-corrected chi connectivity index (χ4v) is 2.91. The van der Waals surface area contributed by atoms with Crippen molar-refractivity contribution in [2.24, 2.45) is 0 Å². The van der Waals surface area contributed by atoms with E-state index in [0.29, 0.717) is 22.2 Å². The van der Waals surface area contributed by atoms with Crippen LogP contribution in [0, 0.1) is 0 Å². The average molecular weight is 505 g/mol. The van der Waals surface area contributed by atoms with Gasteiger partial charge in [-0.2, -0.15) is 0 Å². The third kappa shape index (κ3) is 3.74. The number of nitrogens with one attached hydrogen (secondary N) is 1. The van der Waals surface area contributed by atoms with E-state index in [-0.39, 0.29) is 23.9 Å². The van der Waals surface area contributed by atoms with Crippen molar-refractivity contribution in [2.75, 3.05) is 10.4 Å². The summed E-state index contributed by atoms with van der Waals surface area (Å²) in [4.78, 5) is 0. The Hall–Kier alpha value is -0.401. The van der Waals surface area contributed by atoms with E-state index in [1.165, 1.54) is 0 Å². The second-order valence-electron chi connectivity index (χ2n) is 4.68. The molecule has 0 bridgehead atoms. The standard InChI is InChI=1S/C15H11BrCl2N2O.Sn/c16-10-5-4-9-6-11(8-20(21)14(9)7-10)19-13-3-1-2-12(17)15(13)18;/h1-5,7-8,19,21H,6H2;. The quantitative estimate of drug-likeness (QED) is 0.560. The second kappa shape index (κ2) is 7.45. The first-order valence-electron chi connectivity index (χ1n) is 6.23. The van der Waals surface area contributed by atoms with Gasteiger partial charge in [0.2, 0.25) is 0 Å². The predicted molar refractivity (Wildman–Crippen MR) is 96.0 cm³/mol. The molecule has 2 aromatic carbocycles. The van der Waals surface area contributed by atoms with E-state index in [2.05, 4.69) is 21.2 Å². The largest absolute Gasteiger partial charge is 0.356 e. The van der Waals surface area contributed by atoms with Crippen molar-refractivity contribution in [1.29, 1.82) is 0 Å². The van der Waals surface area contributed by atoms with Crippen LogP contribution in [0.3, 0.4) is 0 Å². The van der Waals surface area contributed by atoms with Crippen molar-refractivity contribution in [3.05, 3.63) is 68.4 Å². The van der Waals surface area contributed by atoms with Crippen molar-refractivity contribution < 1.29 is 5.21 Å². The van der Waals surface area contributed by atoms with Crippen LogP contribution in [-0.4, -0.2) is 29.1 Å². The van der Waals surface area contributed by atoms with Gasteiger partial charge in [-0.1, -0.05) is 51.3 Å². The Balaban J connectivity index is 0.00000176. The Morgan fingerprint density at radius 1 is 1.18 bits per heavy atom. The molecule has 2 aromatic rings. The zero-order valence-electron chi connectivity index (χ0n) is 11.3. The number of fused-ring (bicyclic) bond motifs is 1. The first kappa shape index (κ1) is 17.9. The van der Waals surface area contributed by atoms with Crippen molar-refractivity contribution in [1.82, 2.24) is 0 Å². The third-order valence-electron chi connectivity index (χ3n) is 3.20. The molecule has 0 aliphatic carbocycles. The van der Waals surface area contributed by atoms with Gasteiger partial charge in [0.1, 0.15) is 0 Å². The van der Waals surface area contributed by atoms with E-state index in [9.17, 15) is 5.21 Å². The van der Waals surface area contributed by atoms with Gasteiger partial charge in [-0.3, -0.25) is 5.21 Å². The molecule has 7 heteroatoms. The zero-order valence-corrected chi connectivity index (χ0v) is 17.2. The summed E-state index contributed by atoms with van der Waals surface area (Å²) in [7, 11) is 0. The molecular weight excluding hydrogens is 494 g/mol. The molecule has 0 spiro atoms. The zero-order chi connectivity index (χ0) is 15.0. The van der Waals surface area contributed by atoms with Crippen LogP contribution in [0.25, 0.3) is 0 Å². The molecule has 4 radical (unpaired) electrons. The van der Waals surface area contributed by atoms with Crippen molar-refractivity contribution >= 4 is 74.4 Å². The molecule has 22 heavy (non-hydrogen) atoms. The average Bonchev–Trinajstić information content (AvgIpc) is 2.45. The molecular formula is C15H11BrCl2N2OSn. The summed E-state index contributed by atoms with van der Waals surface area (Å²) < 4.78 is 0.919. The van der Waals surface area contributed by atoms with E-state index in [4.69, 9.17) is 23.2 Å². The molecule has 1 heterocycles. The third-order valence-corrected chi connectivity index (χ3v) is 4.51. The van der Waals surface area contributed by atoms with Gasteiger partial charge in [-0.05, 0) is 29.8 Å². The van der Waals surface area contributed by atoms with Crippen LogP contribution in [0.15, 0.2) is 52.8 Å². The minimum absolute atomic E-state index is 0. The molecule has 0 atom stereocenters. The Kier molecular flexibility index (Phi) is 6.07. The Morgan fingerprint density at radius 3 is 2.73 bits per heavy atom. The van der Waals surface area contributed by atoms with Crippen LogP contribution >= 0.6 is 39.1 Å². The molecule has 112 valence electrons. The number of hydrogen-bond acceptors (Lipinski definition) is 3. The molecule has 0 saturated heterocycles. The van der Waals surface area contributed by atoms with Gasteiger partial charge in [-0.15, -0.1) is 0 Å². The summed E-state index contributed by atoms with van der Waals surface area (Å²) in [6.45, 7) is 0. The molecule has 1 aliphatic heterocycles. The molecule has 3 nitrogen and oxygen atoms in total.